The number of ether oxygens (including phenoxy) is 1. The molecule has 4 heterocycles. The first-order valence-electron chi connectivity index (χ1n) is 11.1. The van der Waals surface area contributed by atoms with E-state index in [0.29, 0.717) is 35.9 Å². The predicted molar refractivity (Wildman–Crippen MR) is 135 cm³/mol. The Balaban J connectivity index is 1.53. The lowest BCUT2D eigenvalue weighted by atomic mass is 10.1. The minimum atomic E-state index is -4.01. The Labute approximate surface area is 216 Å². The summed E-state index contributed by atoms with van der Waals surface area (Å²) in [6.07, 6.45) is 10.1. The summed E-state index contributed by atoms with van der Waals surface area (Å²) in [5.74, 6) is 0.279. The van der Waals surface area contributed by atoms with E-state index in [1.807, 2.05) is 0 Å². The van der Waals surface area contributed by atoms with E-state index in [1.54, 1.807) is 23.1 Å². The molecule has 2 N–H and O–H groups in total. The molecule has 3 aromatic rings. The van der Waals surface area contributed by atoms with Gasteiger partial charge < -0.3 is 14.6 Å². The number of nitrogens with one attached hydrogen (secondary N) is 2. The molecule has 1 saturated heterocycles. The van der Waals surface area contributed by atoms with Crippen molar-refractivity contribution >= 4 is 39.1 Å². The number of hydrogen-bond donors (Lipinski definition) is 2. The van der Waals surface area contributed by atoms with Gasteiger partial charge in [0.1, 0.15) is 0 Å². The molecule has 1 fully saturated rings. The van der Waals surface area contributed by atoms with Gasteiger partial charge in [-0.1, -0.05) is 29.1 Å². The molecule has 2 aliphatic rings. The van der Waals surface area contributed by atoms with Crippen molar-refractivity contribution in [2.75, 3.05) is 29.8 Å². The van der Waals surface area contributed by atoms with Crippen molar-refractivity contribution in [3.05, 3.63) is 69.6 Å². The van der Waals surface area contributed by atoms with Crippen LogP contribution >= 0.6 is 11.6 Å². The molecule has 13 nitrogen and oxygen atoms in total. The van der Waals surface area contributed by atoms with Crippen LogP contribution < -0.4 is 19.9 Å². The van der Waals surface area contributed by atoms with Crippen LogP contribution in [0.4, 0.5) is 11.9 Å². The van der Waals surface area contributed by atoms with Crippen LogP contribution in [0.5, 0.6) is 5.88 Å². The number of H-pyrrole nitrogens is 1. The third-order valence-electron chi connectivity index (χ3n) is 5.71. The normalized spacial score (nSPS) is 17.1. The molecule has 0 saturated carbocycles. The summed E-state index contributed by atoms with van der Waals surface area (Å²) < 4.78 is 36.1. The van der Waals surface area contributed by atoms with E-state index in [9.17, 15) is 13.2 Å². The van der Waals surface area contributed by atoms with Gasteiger partial charge in [0.25, 0.3) is 5.56 Å². The molecule has 1 aliphatic carbocycles. The maximum atomic E-state index is 13.5. The molecule has 1 atom stereocenters. The number of hydrogen-bond acceptors (Lipinski definition) is 10. The zero-order valence-corrected chi connectivity index (χ0v) is 21.0. The van der Waals surface area contributed by atoms with Crippen LogP contribution in [0, 0.1) is 0 Å². The van der Waals surface area contributed by atoms with Crippen LogP contribution in [0.3, 0.4) is 0 Å². The number of aromatic nitrogens is 7. The van der Waals surface area contributed by atoms with E-state index in [1.165, 1.54) is 30.4 Å². The number of anilines is 2. The zero-order valence-electron chi connectivity index (χ0n) is 19.4. The summed E-state index contributed by atoms with van der Waals surface area (Å²) in [6.45, 7) is 0.743. The van der Waals surface area contributed by atoms with Crippen LogP contribution in [-0.4, -0.2) is 68.6 Å². The van der Waals surface area contributed by atoms with E-state index in [-0.39, 0.29) is 29.9 Å². The van der Waals surface area contributed by atoms with Gasteiger partial charge in [0.2, 0.25) is 27.8 Å². The number of halogens is 1. The highest BCUT2D eigenvalue weighted by atomic mass is 35.5. The number of allylic oxidation sites excluding steroid dienone is 4. The average molecular weight is 542 g/mol. The number of aromatic amines is 1. The van der Waals surface area contributed by atoms with Gasteiger partial charge in [-0.05, 0) is 25.0 Å². The largest absolute Gasteiger partial charge is 0.479 e. The molecule has 15 heteroatoms. The highest BCUT2D eigenvalue weighted by Crippen LogP contribution is 2.28. The highest BCUT2D eigenvalue weighted by molar-refractivity contribution is 7.93. The summed E-state index contributed by atoms with van der Waals surface area (Å²) in [6, 6.07) is 0. The Bertz CT molecular complexity index is 1630. The number of piperidine rings is 1. The van der Waals surface area contributed by atoms with Crippen molar-refractivity contribution in [1.82, 2.24) is 34.7 Å². The van der Waals surface area contributed by atoms with Crippen LogP contribution in [0.15, 0.2) is 53.2 Å². The first kappa shape index (κ1) is 24.5. The van der Waals surface area contributed by atoms with E-state index in [4.69, 9.17) is 16.3 Å². The minimum absolute atomic E-state index is 0.0473. The van der Waals surface area contributed by atoms with E-state index in [0.717, 1.165) is 0 Å². The van der Waals surface area contributed by atoms with Gasteiger partial charge in [-0.15, -0.1) is 10.2 Å². The summed E-state index contributed by atoms with van der Waals surface area (Å²) >= 11 is 5.88. The number of methoxy groups -OCH3 is 1. The van der Waals surface area contributed by atoms with Gasteiger partial charge in [0.05, 0.1) is 41.7 Å². The maximum Gasteiger partial charge on any atom is 0.279 e. The maximum absolute atomic E-state index is 13.5. The molecule has 0 bridgehead atoms. The predicted octanol–water partition coefficient (Wildman–Crippen LogP) is 1.48. The van der Waals surface area contributed by atoms with Crippen LogP contribution in [0.25, 0.3) is 11.3 Å². The van der Waals surface area contributed by atoms with Gasteiger partial charge in [-0.3, -0.25) is 9.52 Å². The third-order valence-corrected chi connectivity index (χ3v) is 7.63. The molecule has 3 aromatic heterocycles. The molecule has 0 amide bonds. The topological polar surface area (TPSA) is 161 Å². The second-order valence-corrected chi connectivity index (χ2v) is 10.4. The molecule has 0 spiro atoms. The molecular weight excluding hydrogens is 522 g/mol. The fraction of sp³-hybridized carbons (Fsp3) is 0.273. The number of nitrogens with zero attached hydrogens (tertiary/aromatic N) is 7. The smallest absolute Gasteiger partial charge is 0.279 e. The molecule has 1 aliphatic heterocycles. The van der Waals surface area contributed by atoms with Crippen molar-refractivity contribution in [1.29, 1.82) is 0 Å². The SMILES string of the molecule is COc1nc[nH]c(=O)c1-n1c(NS(=O)(=O)[C@@H]2CCCN(c3ncc(Cl)cn3)C2)nnc1C1=C=C=CC=C1. The van der Waals surface area contributed by atoms with Gasteiger partial charge in [-0.25, -0.2) is 27.9 Å². The summed E-state index contributed by atoms with van der Waals surface area (Å²) in [5, 5.41) is 7.75. The Morgan fingerprint density at radius 2 is 2.05 bits per heavy atom. The Morgan fingerprint density at radius 3 is 2.78 bits per heavy atom. The second-order valence-electron chi connectivity index (χ2n) is 8.04. The number of sulfonamides is 1. The van der Waals surface area contributed by atoms with Crippen molar-refractivity contribution in [2.45, 2.75) is 18.1 Å². The molecule has 5 rings (SSSR count). The first-order valence-corrected chi connectivity index (χ1v) is 13.0. The summed E-state index contributed by atoms with van der Waals surface area (Å²) in [7, 11) is -2.66. The fourth-order valence-electron chi connectivity index (χ4n) is 4.00. The van der Waals surface area contributed by atoms with E-state index >= 15 is 0 Å². The molecule has 0 aromatic carbocycles. The zero-order chi connectivity index (χ0) is 26.0. The van der Waals surface area contributed by atoms with Crippen LogP contribution in [0.2, 0.25) is 5.02 Å². The molecule has 190 valence electrons. The lowest BCUT2D eigenvalue weighted by molar-refractivity contribution is 0.394. The molecule has 37 heavy (non-hydrogen) atoms. The summed E-state index contributed by atoms with van der Waals surface area (Å²) in [4.78, 5) is 29.5. The van der Waals surface area contributed by atoms with Crippen molar-refractivity contribution in [3.8, 4) is 11.6 Å². The quantitative estimate of drug-likeness (QED) is 0.419. The van der Waals surface area contributed by atoms with Crippen LogP contribution in [0.1, 0.15) is 18.7 Å². The van der Waals surface area contributed by atoms with Gasteiger partial charge in [-0.2, -0.15) is 0 Å². The lowest BCUT2D eigenvalue weighted by Gasteiger charge is -2.32. The number of rotatable bonds is 7. The Morgan fingerprint density at radius 1 is 1.24 bits per heavy atom. The third kappa shape index (κ3) is 4.91. The van der Waals surface area contributed by atoms with Crippen molar-refractivity contribution < 1.29 is 13.2 Å². The molecule has 0 unspecified atom stereocenters. The monoisotopic (exact) mass is 541 g/mol. The Kier molecular flexibility index (Phi) is 6.64. The van der Waals surface area contributed by atoms with Gasteiger partial charge >= 0.3 is 0 Å². The van der Waals surface area contributed by atoms with Crippen molar-refractivity contribution in [2.24, 2.45) is 0 Å². The fourth-order valence-corrected chi connectivity index (χ4v) is 5.50. The second kappa shape index (κ2) is 10.0. The minimum Gasteiger partial charge on any atom is -0.479 e. The highest BCUT2D eigenvalue weighted by Gasteiger charge is 2.34. The summed E-state index contributed by atoms with van der Waals surface area (Å²) in [5.41, 5.74) is 5.44. The lowest BCUT2D eigenvalue weighted by Crippen LogP contribution is -2.45. The Hall–Kier alpha value is -4.22. The van der Waals surface area contributed by atoms with E-state index < -0.39 is 20.8 Å². The average Bonchev–Trinajstić information content (AvgIpc) is 3.31. The standard InChI is InChI=1S/C22H20ClN9O4S/c1-36-20-17(19(33)26-13-27-20)32-18(14-6-3-2-4-7-14)28-29-22(32)30-37(34,35)16-8-5-9-31(12-16)21-24-10-15(23)11-25-21/h2-3,6,10-11,13,16H,5,8-9,12H2,1H3,(H,29,30)(H,26,27,33)/t16-/m1/s1. The molecule has 0 radical (unpaired) electrons. The first-order chi connectivity index (χ1) is 17.9. The van der Waals surface area contributed by atoms with E-state index in [2.05, 4.69) is 46.3 Å². The van der Waals surface area contributed by atoms with Gasteiger partial charge in [0, 0.05) is 13.1 Å². The van der Waals surface area contributed by atoms with Crippen molar-refractivity contribution in [3.63, 3.8) is 0 Å². The van der Waals surface area contributed by atoms with Gasteiger partial charge in [0.15, 0.2) is 11.5 Å². The van der Waals surface area contributed by atoms with Crippen LogP contribution in [-0.2, 0) is 10.0 Å². The molecular formula is C22H20ClN9O4S.